The summed E-state index contributed by atoms with van der Waals surface area (Å²) >= 11 is 9.00. The molecule has 1 unspecified atom stereocenters. The maximum Gasteiger partial charge on any atom is 0.241 e. The maximum atomic E-state index is 11.6. The first-order valence-electron chi connectivity index (χ1n) is 4.70. The predicted octanol–water partition coefficient (Wildman–Crippen LogP) is 1.24. The molecule has 0 bridgehead atoms. The number of primary amides is 1. The van der Waals surface area contributed by atoms with E-state index >= 15 is 0 Å². The lowest BCUT2D eigenvalue weighted by atomic mass is 10.2. The van der Waals surface area contributed by atoms with E-state index in [-0.39, 0.29) is 6.42 Å². The van der Waals surface area contributed by atoms with Gasteiger partial charge in [-0.1, -0.05) is 11.6 Å². The lowest BCUT2D eigenvalue weighted by Crippen LogP contribution is -2.39. The van der Waals surface area contributed by atoms with Crippen LogP contribution >= 0.6 is 27.5 Å². The van der Waals surface area contributed by atoms with Gasteiger partial charge in [-0.25, -0.2) is 0 Å². The van der Waals surface area contributed by atoms with Crippen LogP contribution in [0.1, 0.15) is 6.42 Å². The van der Waals surface area contributed by atoms with Crippen LogP contribution < -0.4 is 16.8 Å². The van der Waals surface area contributed by atoms with Gasteiger partial charge < -0.3 is 16.8 Å². The number of benzene rings is 1. The van der Waals surface area contributed by atoms with Gasteiger partial charge in [0.25, 0.3) is 0 Å². The molecule has 0 aliphatic carbocycles. The van der Waals surface area contributed by atoms with Crippen LogP contribution in [0.3, 0.4) is 0 Å². The molecule has 0 saturated carbocycles. The zero-order valence-corrected chi connectivity index (χ0v) is 11.1. The van der Waals surface area contributed by atoms with Crippen LogP contribution in [0.5, 0.6) is 0 Å². The first-order chi connectivity index (χ1) is 7.90. The number of carbonyl (C=O) groups is 2. The van der Waals surface area contributed by atoms with Crippen LogP contribution in [0.4, 0.5) is 5.69 Å². The molecule has 0 fully saturated rings. The summed E-state index contributed by atoms with van der Waals surface area (Å²) in [4.78, 5) is 22.2. The lowest BCUT2D eigenvalue weighted by Gasteiger charge is -2.11. The molecule has 92 valence electrons. The Balaban J connectivity index is 2.71. The van der Waals surface area contributed by atoms with Gasteiger partial charge in [-0.15, -0.1) is 0 Å². The van der Waals surface area contributed by atoms with E-state index in [2.05, 4.69) is 21.2 Å². The third kappa shape index (κ3) is 4.33. The predicted molar refractivity (Wildman–Crippen MR) is 69.6 cm³/mol. The average Bonchev–Trinajstić information content (AvgIpc) is 2.21. The first kappa shape index (κ1) is 14.0. The highest BCUT2D eigenvalue weighted by atomic mass is 79.9. The highest BCUT2D eigenvalue weighted by molar-refractivity contribution is 9.10. The van der Waals surface area contributed by atoms with E-state index in [1.807, 2.05) is 0 Å². The van der Waals surface area contributed by atoms with E-state index in [9.17, 15) is 9.59 Å². The quantitative estimate of drug-likeness (QED) is 0.778. The van der Waals surface area contributed by atoms with Crippen LogP contribution in [0.25, 0.3) is 0 Å². The smallest absolute Gasteiger partial charge is 0.241 e. The Morgan fingerprint density at radius 2 is 2.12 bits per heavy atom. The highest BCUT2D eigenvalue weighted by Crippen LogP contribution is 2.25. The molecular weight excluding hydrogens is 309 g/mol. The molecule has 2 amide bonds. The number of nitrogens with two attached hydrogens (primary N) is 2. The number of rotatable bonds is 4. The Morgan fingerprint density at radius 3 is 2.65 bits per heavy atom. The third-order valence-corrected chi connectivity index (χ3v) is 2.84. The average molecular weight is 321 g/mol. The molecule has 1 aromatic rings. The molecular formula is C10H11BrClN3O2. The van der Waals surface area contributed by atoms with Crippen LogP contribution in [0, 0.1) is 0 Å². The van der Waals surface area contributed by atoms with Crippen LogP contribution in [0.2, 0.25) is 5.02 Å². The second kappa shape index (κ2) is 6.00. The van der Waals surface area contributed by atoms with Gasteiger partial charge in [-0.2, -0.15) is 0 Å². The van der Waals surface area contributed by atoms with Crippen molar-refractivity contribution in [1.29, 1.82) is 0 Å². The van der Waals surface area contributed by atoms with Gasteiger partial charge in [0.05, 0.1) is 18.2 Å². The van der Waals surface area contributed by atoms with Crippen molar-refractivity contribution in [2.24, 2.45) is 11.5 Å². The molecule has 1 rings (SSSR count). The van der Waals surface area contributed by atoms with E-state index in [0.717, 1.165) is 0 Å². The molecule has 5 nitrogen and oxygen atoms in total. The standard InChI is InChI=1S/C10H11BrClN3O2/c11-6-3-5(12)1-2-8(6)15-10(17)7(13)4-9(14)16/h1-3,7H,4,13H2,(H2,14,16)(H,15,17). The Labute approximate surface area is 112 Å². The van der Waals surface area contributed by atoms with Crippen molar-refractivity contribution in [1.82, 2.24) is 0 Å². The minimum atomic E-state index is -0.963. The number of anilines is 1. The van der Waals surface area contributed by atoms with Crippen LogP contribution in [0.15, 0.2) is 22.7 Å². The van der Waals surface area contributed by atoms with Gasteiger partial charge in [-0.3, -0.25) is 9.59 Å². The van der Waals surface area contributed by atoms with Gasteiger partial charge in [-0.05, 0) is 34.1 Å². The van der Waals surface area contributed by atoms with E-state index < -0.39 is 17.9 Å². The van der Waals surface area contributed by atoms with Crippen molar-refractivity contribution in [3.05, 3.63) is 27.7 Å². The summed E-state index contributed by atoms with van der Waals surface area (Å²) in [7, 11) is 0. The monoisotopic (exact) mass is 319 g/mol. The number of halogens is 2. The number of hydrogen-bond donors (Lipinski definition) is 3. The molecule has 5 N–H and O–H groups in total. The maximum absolute atomic E-state index is 11.6. The van der Waals surface area contributed by atoms with Gasteiger partial charge in [0.2, 0.25) is 11.8 Å². The molecule has 0 aliphatic heterocycles. The number of nitrogens with one attached hydrogen (secondary N) is 1. The zero-order valence-electron chi connectivity index (χ0n) is 8.74. The molecule has 0 radical (unpaired) electrons. The molecule has 17 heavy (non-hydrogen) atoms. The Morgan fingerprint density at radius 1 is 1.47 bits per heavy atom. The highest BCUT2D eigenvalue weighted by Gasteiger charge is 2.16. The topological polar surface area (TPSA) is 98.2 Å². The van der Waals surface area contributed by atoms with Crippen molar-refractivity contribution in [2.45, 2.75) is 12.5 Å². The first-order valence-corrected chi connectivity index (χ1v) is 5.87. The number of amides is 2. The second-order valence-electron chi connectivity index (χ2n) is 3.39. The normalized spacial score (nSPS) is 11.9. The van der Waals surface area contributed by atoms with Crippen molar-refractivity contribution >= 4 is 45.0 Å². The number of carbonyl (C=O) groups excluding carboxylic acids is 2. The molecule has 0 saturated heterocycles. The minimum Gasteiger partial charge on any atom is -0.370 e. The summed E-state index contributed by atoms with van der Waals surface area (Å²) in [6.45, 7) is 0. The van der Waals surface area contributed by atoms with Crippen LogP contribution in [-0.2, 0) is 9.59 Å². The third-order valence-electron chi connectivity index (χ3n) is 1.95. The molecule has 0 aromatic heterocycles. The Kier molecular flexibility index (Phi) is 4.92. The molecule has 0 spiro atoms. The molecule has 7 heteroatoms. The Hall–Kier alpha value is -1.11. The molecule has 0 aliphatic rings. The second-order valence-corrected chi connectivity index (χ2v) is 4.68. The minimum absolute atomic E-state index is 0.197. The summed E-state index contributed by atoms with van der Waals surface area (Å²) in [5.41, 5.74) is 11.0. The van der Waals surface area contributed by atoms with Crippen molar-refractivity contribution in [2.75, 3.05) is 5.32 Å². The molecule has 0 heterocycles. The van der Waals surface area contributed by atoms with E-state index in [1.54, 1.807) is 18.2 Å². The Bertz CT molecular complexity index is 453. The summed E-state index contributed by atoms with van der Waals surface area (Å²) in [6.07, 6.45) is -0.197. The molecule has 1 aromatic carbocycles. The SMILES string of the molecule is NC(=O)CC(N)C(=O)Nc1ccc(Cl)cc1Br. The van der Waals surface area contributed by atoms with E-state index in [4.69, 9.17) is 23.1 Å². The summed E-state index contributed by atoms with van der Waals surface area (Å²) in [5.74, 6) is -1.10. The van der Waals surface area contributed by atoms with Gasteiger partial charge >= 0.3 is 0 Å². The van der Waals surface area contributed by atoms with Crippen molar-refractivity contribution < 1.29 is 9.59 Å². The lowest BCUT2D eigenvalue weighted by molar-refractivity contribution is -0.123. The summed E-state index contributed by atoms with van der Waals surface area (Å²) in [5, 5.41) is 3.10. The summed E-state index contributed by atoms with van der Waals surface area (Å²) in [6, 6.07) is 3.93. The van der Waals surface area contributed by atoms with Crippen LogP contribution in [-0.4, -0.2) is 17.9 Å². The van der Waals surface area contributed by atoms with E-state index in [0.29, 0.717) is 15.2 Å². The number of hydrogen-bond acceptors (Lipinski definition) is 3. The van der Waals surface area contributed by atoms with Gasteiger partial charge in [0.15, 0.2) is 0 Å². The van der Waals surface area contributed by atoms with Crippen molar-refractivity contribution in [3.63, 3.8) is 0 Å². The fourth-order valence-corrected chi connectivity index (χ4v) is 1.91. The molecule has 1 atom stereocenters. The largest absolute Gasteiger partial charge is 0.370 e. The fraction of sp³-hybridized carbons (Fsp3) is 0.200. The van der Waals surface area contributed by atoms with Crippen molar-refractivity contribution in [3.8, 4) is 0 Å². The van der Waals surface area contributed by atoms with Gasteiger partial charge in [0, 0.05) is 9.50 Å². The fourth-order valence-electron chi connectivity index (χ4n) is 1.13. The summed E-state index contributed by atoms with van der Waals surface area (Å²) < 4.78 is 0.629. The van der Waals surface area contributed by atoms with E-state index in [1.165, 1.54) is 0 Å². The zero-order chi connectivity index (χ0) is 13.0. The van der Waals surface area contributed by atoms with Gasteiger partial charge in [0.1, 0.15) is 0 Å².